The number of benzene rings is 2. The Bertz CT molecular complexity index is 989. The molecule has 0 saturated heterocycles. The highest BCUT2D eigenvalue weighted by molar-refractivity contribution is 6.22. The van der Waals surface area contributed by atoms with E-state index < -0.39 is 30.4 Å². The number of ketones is 1. The predicted molar refractivity (Wildman–Crippen MR) is 111 cm³/mol. The Morgan fingerprint density at radius 1 is 0.933 bits per heavy atom. The number of rotatable bonds is 7. The van der Waals surface area contributed by atoms with Crippen molar-refractivity contribution < 1.29 is 23.9 Å². The van der Waals surface area contributed by atoms with E-state index in [-0.39, 0.29) is 29.2 Å². The second-order valence-electron chi connectivity index (χ2n) is 8.00. The molecule has 3 rings (SSSR count). The fraction of sp³-hybridized carbons (Fsp3) is 0.333. The van der Waals surface area contributed by atoms with Crippen LogP contribution in [-0.4, -0.2) is 41.1 Å². The molecule has 0 aliphatic carbocycles. The van der Waals surface area contributed by atoms with Gasteiger partial charge in [-0.15, -0.1) is 0 Å². The van der Waals surface area contributed by atoms with Crippen LogP contribution in [0.5, 0.6) is 0 Å². The van der Waals surface area contributed by atoms with Gasteiger partial charge in [0.25, 0.3) is 11.8 Å². The Morgan fingerprint density at radius 3 is 2.07 bits per heavy atom. The van der Waals surface area contributed by atoms with Crippen LogP contribution >= 0.6 is 0 Å². The first-order chi connectivity index (χ1) is 14.2. The summed E-state index contributed by atoms with van der Waals surface area (Å²) in [6, 6.07) is 10.7. The van der Waals surface area contributed by atoms with Crippen molar-refractivity contribution in [3.05, 3.63) is 70.3 Å². The van der Waals surface area contributed by atoms with Crippen molar-refractivity contribution in [3.8, 4) is 0 Å². The lowest BCUT2D eigenvalue weighted by Crippen LogP contribution is -2.46. The van der Waals surface area contributed by atoms with Gasteiger partial charge in [-0.05, 0) is 55.5 Å². The smallest absolute Gasteiger partial charge is 0.329 e. The highest BCUT2D eigenvalue weighted by Gasteiger charge is 2.43. The highest BCUT2D eigenvalue weighted by Crippen LogP contribution is 2.27. The number of aryl methyl sites for hydroxylation is 2. The molecule has 6 nitrogen and oxygen atoms in total. The molecule has 30 heavy (non-hydrogen) atoms. The van der Waals surface area contributed by atoms with Crippen molar-refractivity contribution in [2.45, 2.75) is 40.2 Å². The molecule has 156 valence electrons. The monoisotopic (exact) mass is 407 g/mol. The number of ether oxygens (including phenoxy) is 1. The van der Waals surface area contributed by atoms with Crippen LogP contribution in [0.1, 0.15) is 62.5 Å². The van der Waals surface area contributed by atoms with Crippen molar-refractivity contribution in [2.75, 3.05) is 6.61 Å². The minimum absolute atomic E-state index is 0.0299. The first-order valence-corrected chi connectivity index (χ1v) is 9.94. The van der Waals surface area contributed by atoms with Gasteiger partial charge in [-0.3, -0.25) is 19.3 Å². The van der Waals surface area contributed by atoms with Gasteiger partial charge in [-0.1, -0.05) is 38.1 Å². The van der Waals surface area contributed by atoms with Crippen LogP contribution in [-0.2, 0) is 9.53 Å². The lowest BCUT2D eigenvalue weighted by atomic mass is 10.0. The summed E-state index contributed by atoms with van der Waals surface area (Å²) in [6.07, 6.45) is 0.252. The fourth-order valence-corrected chi connectivity index (χ4v) is 3.48. The van der Waals surface area contributed by atoms with Gasteiger partial charge in [0.1, 0.15) is 6.04 Å². The van der Waals surface area contributed by atoms with Gasteiger partial charge in [0.2, 0.25) is 0 Å². The van der Waals surface area contributed by atoms with E-state index >= 15 is 0 Å². The number of imide groups is 1. The van der Waals surface area contributed by atoms with E-state index in [0.29, 0.717) is 5.56 Å². The third-order valence-corrected chi connectivity index (χ3v) is 5.28. The Kier molecular flexibility index (Phi) is 6.15. The van der Waals surface area contributed by atoms with Crippen LogP contribution in [0.4, 0.5) is 0 Å². The van der Waals surface area contributed by atoms with Crippen molar-refractivity contribution in [3.63, 3.8) is 0 Å². The molecule has 0 spiro atoms. The molecule has 1 aliphatic rings. The van der Waals surface area contributed by atoms with E-state index in [9.17, 15) is 19.2 Å². The summed E-state index contributed by atoms with van der Waals surface area (Å²) in [7, 11) is 0. The molecule has 2 aromatic rings. The summed E-state index contributed by atoms with van der Waals surface area (Å²) < 4.78 is 5.26. The third-order valence-electron chi connectivity index (χ3n) is 5.28. The molecule has 1 atom stereocenters. The van der Waals surface area contributed by atoms with Crippen molar-refractivity contribution >= 4 is 23.6 Å². The third kappa shape index (κ3) is 4.17. The van der Waals surface area contributed by atoms with E-state index in [4.69, 9.17) is 4.74 Å². The lowest BCUT2D eigenvalue weighted by Gasteiger charge is -2.25. The summed E-state index contributed by atoms with van der Waals surface area (Å²) >= 11 is 0. The summed E-state index contributed by atoms with van der Waals surface area (Å²) in [5.41, 5.74) is 3.03. The summed E-state index contributed by atoms with van der Waals surface area (Å²) in [6.45, 7) is 7.18. The number of carbonyl (C=O) groups is 4. The van der Waals surface area contributed by atoms with E-state index in [1.807, 2.05) is 33.8 Å². The van der Waals surface area contributed by atoms with Crippen LogP contribution in [0.2, 0.25) is 0 Å². The average molecular weight is 407 g/mol. The van der Waals surface area contributed by atoms with Gasteiger partial charge in [-0.25, -0.2) is 4.79 Å². The molecule has 0 unspecified atom stereocenters. The number of carbonyl (C=O) groups excluding carboxylic acids is 4. The van der Waals surface area contributed by atoms with Crippen LogP contribution in [0.15, 0.2) is 42.5 Å². The van der Waals surface area contributed by atoms with Crippen LogP contribution < -0.4 is 0 Å². The maximum absolute atomic E-state index is 12.8. The van der Waals surface area contributed by atoms with Gasteiger partial charge in [0, 0.05) is 5.56 Å². The number of hydrogen-bond acceptors (Lipinski definition) is 5. The van der Waals surface area contributed by atoms with Gasteiger partial charge in [0.15, 0.2) is 12.4 Å². The zero-order valence-electron chi connectivity index (χ0n) is 17.6. The maximum atomic E-state index is 12.8. The number of amides is 2. The van der Waals surface area contributed by atoms with Crippen molar-refractivity contribution in [2.24, 2.45) is 5.92 Å². The molecular weight excluding hydrogens is 382 g/mol. The summed E-state index contributed by atoms with van der Waals surface area (Å²) in [5, 5.41) is 0. The molecule has 0 saturated carbocycles. The molecule has 2 aromatic carbocycles. The minimum atomic E-state index is -1.08. The summed E-state index contributed by atoms with van der Waals surface area (Å²) in [4.78, 5) is 51.9. The maximum Gasteiger partial charge on any atom is 0.329 e. The first kappa shape index (κ1) is 21.4. The Labute approximate surface area is 175 Å². The topological polar surface area (TPSA) is 80.8 Å². The SMILES string of the molecule is Cc1ccc(C(=O)COC(=O)[C@H](CC(C)C)N2C(=O)c3ccccc3C2=O)cc1C. The number of Topliss-reactive ketones (excluding diaryl/α,β-unsaturated/α-hetero) is 1. The zero-order valence-corrected chi connectivity index (χ0v) is 17.6. The van der Waals surface area contributed by atoms with E-state index in [1.54, 1.807) is 36.4 Å². The van der Waals surface area contributed by atoms with E-state index in [2.05, 4.69) is 0 Å². The van der Waals surface area contributed by atoms with Crippen LogP contribution in [0, 0.1) is 19.8 Å². The number of fused-ring (bicyclic) bond motifs is 1. The standard InChI is InChI=1S/C24H25NO5/c1-14(2)11-20(25-22(27)18-7-5-6-8-19(18)23(25)28)24(29)30-13-21(26)17-10-9-15(3)16(4)12-17/h5-10,12,14,20H,11,13H2,1-4H3/t20-/m0/s1. The molecule has 2 amide bonds. The van der Waals surface area contributed by atoms with Crippen molar-refractivity contribution in [1.29, 1.82) is 0 Å². The Hall–Kier alpha value is -3.28. The molecule has 6 heteroatoms. The predicted octanol–water partition coefficient (Wildman–Crippen LogP) is 3.74. The van der Waals surface area contributed by atoms with E-state index in [0.717, 1.165) is 16.0 Å². The molecule has 0 radical (unpaired) electrons. The first-order valence-electron chi connectivity index (χ1n) is 9.94. The number of hydrogen-bond donors (Lipinski definition) is 0. The Morgan fingerprint density at radius 2 is 1.53 bits per heavy atom. The lowest BCUT2D eigenvalue weighted by molar-refractivity contribution is -0.147. The van der Waals surface area contributed by atoms with Gasteiger partial charge < -0.3 is 4.74 Å². The van der Waals surface area contributed by atoms with Gasteiger partial charge in [0.05, 0.1) is 11.1 Å². The molecule has 0 fully saturated rings. The van der Waals surface area contributed by atoms with Gasteiger partial charge in [-0.2, -0.15) is 0 Å². The fourth-order valence-electron chi connectivity index (χ4n) is 3.48. The number of nitrogens with zero attached hydrogens (tertiary/aromatic N) is 1. The molecule has 0 aromatic heterocycles. The van der Waals surface area contributed by atoms with Gasteiger partial charge >= 0.3 is 5.97 Å². The largest absolute Gasteiger partial charge is 0.456 e. The normalized spacial score (nSPS) is 14.1. The molecule has 1 heterocycles. The average Bonchev–Trinajstić information content (AvgIpc) is 2.96. The minimum Gasteiger partial charge on any atom is -0.456 e. The second-order valence-corrected chi connectivity index (χ2v) is 8.00. The summed E-state index contributed by atoms with van der Waals surface area (Å²) in [5.74, 6) is -2.09. The van der Waals surface area contributed by atoms with Crippen LogP contribution in [0.25, 0.3) is 0 Å². The highest BCUT2D eigenvalue weighted by atomic mass is 16.5. The van der Waals surface area contributed by atoms with E-state index in [1.165, 1.54) is 0 Å². The second kappa shape index (κ2) is 8.61. The quantitative estimate of drug-likeness (QED) is 0.397. The zero-order chi connectivity index (χ0) is 22.0. The molecule has 0 N–H and O–H groups in total. The Balaban J connectivity index is 1.76. The van der Waals surface area contributed by atoms with Crippen molar-refractivity contribution in [1.82, 2.24) is 4.90 Å². The molecule has 1 aliphatic heterocycles. The van der Waals surface area contributed by atoms with Crippen LogP contribution in [0.3, 0.4) is 0 Å². The molecule has 0 bridgehead atoms. The molecular formula is C24H25NO5. The number of esters is 1.